The van der Waals surface area contributed by atoms with E-state index in [0.29, 0.717) is 6.42 Å². The molecule has 0 aliphatic rings. The molecule has 0 unspecified atom stereocenters. The predicted molar refractivity (Wildman–Crippen MR) is 58.0 cm³/mol. The average molecular weight is 291 g/mol. The third-order valence-electron chi connectivity index (χ3n) is 1.47. The molecule has 0 radical (unpaired) electrons. The number of carbonyl (C=O) groups is 1. The lowest BCUT2D eigenvalue weighted by Crippen LogP contribution is -2.23. The first kappa shape index (κ1) is 10.5. The van der Waals surface area contributed by atoms with E-state index in [1.165, 1.54) is 7.11 Å². The second-order valence-electron chi connectivity index (χ2n) is 2.54. The van der Waals surface area contributed by atoms with Crippen LogP contribution in [0.2, 0.25) is 0 Å². The van der Waals surface area contributed by atoms with Crippen LogP contribution >= 0.6 is 22.6 Å². The molecule has 3 nitrogen and oxygen atoms in total. The Labute approximate surface area is 90.6 Å². The van der Waals surface area contributed by atoms with Crippen molar-refractivity contribution in [2.75, 3.05) is 7.11 Å². The Kier molecular flexibility index (Phi) is 4.17. The molecule has 0 spiro atoms. The summed E-state index contributed by atoms with van der Waals surface area (Å²) < 4.78 is 1.13. The van der Waals surface area contributed by atoms with E-state index in [1.54, 1.807) is 0 Å². The maximum absolute atomic E-state index is 11.1. The zero-order valence-corrected chi connectivity index (χ0v) is 9.37. The molecule has 0 saturated heterocycles. The van der Waals surface area contributed by atoms with Crippen molar-refractivity contribution in [2.24, 2.45) is 0 Å². The van der Waals surface area contributed by atoms with Crippen LogP contribution in [0.4, 0.5) is 0 Å². The molecule has 13 heavy (non-hydrogen) atoms. The van der Waals surface area contributed by atoms with Crippen LogP contribution in [0.25, 0.3) is 0 Å². The molecule has 0 heterocycles. The van der Waals surface area contributed by atoms with Gasteiger partial charge in [-0.2, -0.15) is 0 Å². The SMILES string of the molecule is CONC(=O)Cc1cccc(I)c1. The fourth-order valence-electron chi connectivity index (χ4n) is 0.982. The Hall–Kier alpha value is -0.620. The summed E-state index contributed by atoms with van der Waals surface area (Å²) in [4.78, 5) is 15.6. The van der Waals surface area contributed by atoms with Crippen molar-refractivity contribution >= 4 is 28.5 Å². The van der Waals surface area contributed by atoms with Crippen molar-refractivity contribution in [3.8, 4) is 0 Å². The molecule has 0 aliphatic carbocycles. The van der Waals surface area contributed by atoms with E-state index < -0.39 is 0 Å². The summed E-state index contributed by atoms with van der Waals surface area (Å²) in [5.41, 5.74) is 3.26. The van der Waals surface area contributed by atoms with Crippen molar-refractivity contribution in [3.05, 3.63) is 33.4 Å². The number of nitrogens with one attached hydrogen (secondary N) is 1. The van der Waals surface area contributed by atoms with Crippen LogP contribution in [0.5, 0.6) is 0 Å². The van der Waals surface area contributed by atoms with Gasteiger partial charge in [0.1, 0.15) is 0 Å². The molecular formula is C9H10INO2. The number of hydrogen-bond donors (Lipinski definition) is 1. The minimum Gasteiger partial charge on any atom is -0.277 e. The molecular weight excluding hydrogens is 281 g/mol. The summed E-state index contributed by atoms with van der Waals surface area (Å²) in [6.45, 7) is 0. The van der Waals surface area contributed by atoms with Crippen molar-refractivity contribution in [3.63, 3.8) is 0 Å². The fraction of sp³-hybridized carbons (Fsp3) is 0.222. The Morgan fingerprint density at radius 1 is 1.62 bits per heavy atom. The minimum absolute atomic E-state index is 0.135. The highest BCUT2D eigenvalue weighted by Gasteiger charge is 2.01. The highest BCUT2D eigenvalue weighted by molar-refractivity contribution is 14.1. The first-order valence-electron chi connectivity index (χ1n) is 3.78. The first-order chi connectivity index (χ1) is 6.22. The second-order valence-corrected chi connectivity index (χ2v) is 3.78. The molecule has 1 rings (SSSR count). The average Bonchev–Trinajstić information content (AvgIpc) is 2.04. The number of hydroxylamine groups is 1. The summed E-state index contributed by atoms with van der Waals surface area (Å²) in [5, 5.41) is 0. The van der Waals surface area contributed by atoms with Crippen LogP contribution in [0, 0.1) is 3.57 Å². The maximum Gasteiger partial charge on any atom is 0.247 e. The molecule has 1 aromatic carbocycles. The van der Waals surface area contributed by atoms with Gasteiger partial charge in [-0.05, 0) is 40.3 Å². The molecule has 0 saturated carbocycles. The molecule has 1 amide bonds. The van der Waals surface area contributed by atoms with Gasteiger partial charge in [-0.15, -0.1) is 0 Å². The monoisotopic (exact) mass is 291 g/mol. The third kappa shape index (κ3) is 3.73. The molecule has 0 aromatic heterocycles. The number of carbonyl (C=O) groups excluding carboxylic acids is 1. The molecule has 70 valence electrons. The number of hydrogen-bond acceptors (Lipinski definition) is 2. The molecule has 0 fully saturated rings. The van der Waals surface area contributed by atoms with Gasteiger partial charge in [-0.1, -0.05) is 12.1 Å². The lowest BCUT2D eigenvalue weighted by molar-refractivity contribution is -0.130. The van der Waals surface area contributed by atoms with Gasteiger partial charge < -0.3 is 0 Å². The summed E-state index contributed by atoms with van der Waals surface area (Å²) in [6.07, 6.45) is 0.352. The lowest BCUT2D eigenvalue weighted by atomic mass is 10.1. The molecule has 1 aromatic rings. The van der Waals surface area contributed by atoms with E-state index >= 15 is 0 Å². The third-order valence-corrected chi connectivity index (χ3v) is 2.14. The molecule has 0 atom stereocenters. The topological polar surface area (TPSA) is 38.3 Å². The zero-order chi connectivity index (χ0) is 9.68. The minimum atomic E-state index is -0.135. The van der Waals surface area contributed by atoms with Gasteiger partial charge >= 0.3 is 0 Å². The second kappa shape index (κ2) is 5.18. The number of halogens is 1. The first-order valence-corrected chi connectivity index (χ1v) is 4.86. The van der Waals surface area contributed by atoms with Gasteiger partial charge in [0.25, 0.3) is 0 Å². The van der Waals surface area contributed by atoms with Crippen molar-refractivity contribution in [2.45, 2.75) is 6.42 Å². The van der Waals surface area contributed by atoms with Crippen LogP contribution in [0.15, 0.2) is 24.3 Å². The van der Waals surface area contributed by atoms with E-state index in [1.807, 2.05) is 24.3 Å². The summed E-state index contributed by atoms with van der Waals surface area (Å²) in [6, 6.07) is 7.79. The van der Waals surface area contributed by atoms with Crippen LogP contribution in [-0.4, -0.2) is 13.0 Å². The van der Waals surface area contributed by atoms with Crippen molar-refractivity contribution in [1.82, 2.24) is 5.48 Å². The van der Waals surface area contributed by atoms with Crippen LogP contribution in [-0.2, 0) is 16.1 Å². The fourth-order valence-corrected chi connectivity index (χ4v) is 1.59. The largest absolute Gasteiger partial charge is 0.277 e. The van der Waals surface area contributed by atoms with E-state index in [9.17, 15) is 4.79 Å². The summed E-state index contributed by atoms with van der Waals surface area (Å²) >= 11 is 2.21. The van der Waals surface area contributed by atoms with Gasteiger partial charge in [-0.3, -0.25) is 9.63 Å². The molecule has 1 N–H and O–H groups in total. The van der Waals surface area contributed by atoms with E-state index in [0.717, 1.165) is 9.13 Å². The van der Waals surface area contributed by atoms with Crippen LogP contribution in [0.1, 0.15) is 5.56 Å². The molecule has 4 heteroatoms. The predicted octanol–water partition coefficient (Wildman–Crippen LogP) is 1.51. The highest BCUT2D eigenvalue weighted by atomic mass is 127. The van der Waals surface area contributed by atoms with Crippen molar-refractivity contribution < 1.29 is 9.63 Å². The van der Waals surface area contributed by atoms with Crippen LogP contribution in [0.3, 0.4) is 0 Å². The highest BCUT2D eigenvalue weighted by Crippen LogP contribution is 2.07. The van der Waals surface area contributed by atoms with Gasteiger partial charge in [0.15, 0.2) is 0 Å². The standard InChI is InChI=1S/C9H10INO2/c1-13-11-9(12)6-7-3-2-4-8(10)5-7/h2-5H,6H2,1H3,(H,11,12). The number of amides is 1. The quantitative estimate of drug-likeness (QED) is 0.677. The van der Waals surface area contributed by atoms with Crippen molar-refractivity contribution in [1.29, 1.82) is 0 Å². The Morgan fingerprint density at radius 3 is 3.00 bits per heavy atom. The Morgan fingerprint density at radius 2 is 2.38 bits per heavy atom. The Bertz CT molecular complexity index is 301. The van der Waals surface area contributed by atoms with E-state index in [2.05, 4.69) is 32.9 Å². The maximum atomic E-state index is 11.1. The molecule has 0 aliphatic heterocycles. The smallest absolute Gasteiger partial charge is 0.247 e. The van der Waals surface area contributed by atoms with E-state index in [-0.39, 0.29) is 5.91 Å². The Balaban J connectivity index is 2.58. The normalized spacial score (nSPS) is 9.69. The molecule has 0 bridgehead atoms. The number of rotatable bonds is 3. The van der Waals surface area contributed by atoms with E-state index in [4.69, 9.17) is 0 Å². The van der Waals surface area contributed by atoms with Gasteiger partial charge in [0.2, 0.25) is 5.91 Å². The van der Waals surface area contributed by atoms with Crippen LogP contribution < -0.4 is 5.48 Å². The number of benzene rings is 1. The zero-order valence-electron chi connectivity index (χ0n) is 7.21. The summed E-state index contributed by atoms with van der Waals surface area (Å²) in [7, 11) is 1.42. The van der Waals surface area contributed by atoms with Gasteiger partial charge in [0, 0.05) is 3.57 Å². The van der Waals surface area contributed by atoms with Gasteiger partial charge in [-0.25, -0.2) is 5.48 Å². The summed E-state index contributed by atoms with van der Waals surface area (Å²) in [5.74, 6) is -0.135. The van der Waals surface area contributed by atoms with Gasteiger partial charge in [0.05, 0.1) is 13.5 Å². The lowest BCUT2D eigenvalue weighted by Gasteiger charge is -2.02.